The summed E-state index contributed by atoms with van der Waals surface area (Å²) in [5, 5.41) is 4.34. The summed E-state index contributed by atoms with van der Waals surface area (Å²) in [5.41, 5.74) is -1.08. The molecule has 0 spiro atoms. The van der Waals surface area contributed by atoms with E-state index >= 15 is 0 Å². The van der Waals surface area contributed by atoms with Crippen molar-refractivity contribution >= 4 is 59.2 Å². The molecule has 0 unspecified atom stereocenters. The first-order valence-corrected chi connectivity index (χ1v) is 6.47. The largest absolute Gasteiger partial charge is 0.328 e. The number of carbonyl (C=O) groups is 3. The van der Waals surface area contributed by atoms with Gasteiger partial charge in [-0.05, 0) is 12.2 Å². The van der Waals surface area contributed by atoms with Crippen LogP contribution < -0.4 is 10.6 Å². The number of rotatable bonds is 5. The zero-order valence-corrected chi connectivity index (χ0v) is 13.3. The summed E-state index contributed by atoms with van der Waals surface area (Å²) in [7, 11) is 0. The topological polar surface area (TPSA) is 75.3 Å². The van der Waals surface area contributed by atoms with Crippen LogP contribution in [0.5, 0.6) is 0 Å². The third-order valence-corrected chi connectivity index (χ3v) is 3.66. The summed E-state index contributed by atoms with van der Waals surface area (Å²) in [6, 6.07) is -0.719. The monoisotopic (exact) mass is 267 g/mol. The molecule has 0 bridgehead atoms. The van der Waals surface area contributed by atoms with Gasteiger partial charge in [-0.2, -0.15) is 11.8 Å². The molecule has 0 aromatic heterocycles. The van der Waals surface area contributed by atoms with E-state index in [4.69, 9.17) is 0 Å². The first-order chi connectivity index (χ1) is 7.56. The normalized spacial score (nSPS) is 18.1. The standard InChI is InChI=1S/C10H16N2O3S.Na/c1-3-5-10(6-16-4-2)7(13)11-9(15)12-8(10)14;/h3-6H2,1-2H3,(H2,11,12,13,14,15);. The van der Waals surface area contributed by atoms with E-state index in [0.29, 0.717) is 12.2 Å². The van der Waals surface area contributed by atoms with Gasteiger partial charge < -0.3 is 0 Å². The number of amides is 4. The number of carbonyl (C=O) groups excluding carboxylic acids is 3. The Morgan fingerprint density at radius 1 is 1.12 bits per heavy atom. The van der Waals surface area contributed by atoms with E-state index in [9.17, 15) is 14.4 Å². The van der Waals surface area contributed by atoms with Crippen LogP contribution >= 0.6 is 11.8 Å². The molecule has 2 N–H and O–H groups in total. The Morgan fingerprint density at radius 2 is 1.65 bits per heavy atom. The molecule has 0 aromatic carbocycles. The fourth-order valence-corrected chi connectivity index (χ4v) is 2.67. The van der Waals surface area contributed by atoms with Crippen LogP contribution in [0.25, 0.3) is 0 Å². The van der Waals surface area contributed by atoms with Crippen molar-refractivity contribution in [3.05, 3.63) is 0 Å². The summed E-state index contributed by atoms with van der Waals surface area (Å²) in [5.74, 6) is 0.315. The van der Waals surface area contributed by atoms with Crippen molar-refractivity contribution in [2.75, 3.05) is 11.5 Å². The first-order valence-electron chi connectivity index (χ1n) is 5.31. The second-order valence-corrected chi connectivity index (χ2v) is 4.98. The van der Waals surface area contributed by atoms with Gasteiger partial charge in [0.1, 0.15) is 5.41 Å². The number of urea groups is 1. The molecular weight excluding hydrogens is 251 g/mol. The summed E-state index contributed by atoms with van der Waals surface area (Å²) in [6.07, 6.45) is 1.18. The van der Waals surface area contributed by atoms with Crippen molar-refractivity contribution in [2.45, 2.75) is 26.7 Å². The van der Waals surface area contributed by atoms with Crippen molar-refractivity contribution in [3.8, 4) is 0 Å². The molecule has 1 heterocycles. The van der Waals surface area contributed by atoms with Crippen LogP contribution in [0, 0.1) is 5.41 Å². The van der Waals surface area contributed by atoms with Gasteiger partial charge in [0.05, 0.1) is 0 Å². The van der Waals surface area contributed by atoms with Gasteiger partial charge in [0.2, 0.25) is 11.8 Å². The summed E-state index contributed by atoms with van der Waals surface area (Å²) in [4.78, 5) is 34.6. The predicted octanol–water partition coefficient (Wildman–Crippen LogP) is 0.511. The molecule has 0 atom stereocenters. The Bertz CT molecular complexity index is 303. The Kier molecular flexibility index (Phi) is 7.39. The molecule has 17 heavy (non-hydrogen) atoms. The third kappa shape index (κ3) is 3.71. The molecule has 1 aliphatic heterocycles. The van der Waals surface area contributed by atoms with E-state index in [1.54, 1.807) is 0 Å². The Labute approximate surface area is 127 Å². The minimum atomic E-state index is -1.08. The fraction of sp³-hybridized carbons (Fsp3) is 0.700. The minimum Gasteiger partial charge on any atom is -0.277 e. The van der Waals surface area contributed by atoms with E-state index in [-0.39, 0.29) is 29.6 Å². The molecular formula is C10H16N2NaO3S. The first kappa shape index (κ1) is 17.0. The molecule has 0 aromatic rings. The van der Waals surface area contributed by atoms with Gasteiger partial charge in [0.15, 0.2) is 0 Å². The van der Waals surface area contributed by atoms with E-state index in [1.165, 1.54) is 11.8 Å². The third-order valence-electron chi connectivity index (χ3n) is 2.55. The second kappa shape index (κ2) is 7.41. The van der Waals surface area contributed by atoms with Crippen LogP contribution in [0.2, 0.25) is 0 Å². The molecule has 4 amide bonds. The molecule has 1 rings (SSSR count). The van der Waals surface area contributed by atoms with Crippen molar-refractivity contribution < 1.29 is 14.4 Å². The summed E-state index contributed by atoms with van der Waals surface area (Å²) < 4.78 is 0. The van der Waals surface area contributed by atoms with Crippen LogP contribution in [0.15, 0.2) is 0 Å². The SMILES string of the molecule is CCCC1(CSCC)C(=O)NC(=O)NC1=O.[Na]. The summed E-state index contributed by atoms with van der Waals surface area (Å²) in [6.45, 7) is 3.88. The number of hydrogen-bond donors (Lipinski definition) is 2. The minimum absolute atomic E-state index is 0. The molecule has 5 nitrogen and oxygen atoms in total. The van der Waals surface area contributed by atoms with E-state index in [2.05, 4.69) is 10.6 Å². The van der Waals surface area contributed by atoms with Crippen molar-refractivity contribution in [1.82, 2.24) is 10.6 Å². The van der Waals surface area contributed by atoms with Crippen LogP contribution in [0.3, 0.4) is 0 Å². The van der Waals surface area contributed by atoms with E-state index in [0.717, 1.165) is 12.2 Å². The molecule has 91 valence electrons. The Balaban J connectivity index is 0.00000256. The number of thioether (sulfide) groups is 1. The smallest absolute Gasteiger partial charge is 0.277 e. The molecule has 0 saturated carbocycles. The number of imide groups is 2. The van der Waals surface area contributed by atoms with E-state index in [1.807, 2.05) is 13.8 Å². The summed E-state index contributed by atoms with van der Waals surface area (Å²) >= 11 is 1.53. The zero-order valence-electron chi connectivity index (χ0n) is 10.5. The van der Waals surface area contributed by atoms with Crippen LogP contribution in [-0.4, -0.2) is 58.9 Å². The van der Waals surface area contributed by atoms with Gasteiger partial charge in [-0.15, -0.1) is 0 Å². The van der Waals surface area contributed by atoms with Gasteiger partial charge in [-0.3, -0.25) is 20.2 Å². The molecule has 7 heteroatoms. The molecule has 1 fully saturated rings. The number of barbiturate groups is 1. The quantitative estimate of drug-likeness (QED) is 0.562. The Morgan fingerprint density at radius 3 is 2.06 bits per heavy atom. The zero-order chi connectivity index (χ0) is 12.2. The van der Waals surface area contributed by atoms with Gasteiger partial charge in [-0.25, -0.2) is 4.79 Å². The molecule has 1 radical (unpaired) electrons. The van der Waals surface area contributed by atoms with E-state index < -0.39 is 23.3 Å². The second-order valence-electron chi connectivity index (χ2n) is 3.71. The maximum absolute atomic E-state index is 11.8. The molecule has 0 aliphatic carbocycles. The molecule has 1 aliphatic rings. The molecule has 1 saturated heterocycles. The maximum atomic E-state index is 11.8. The Hall–Kier alpha value is -0.0400. The average Bonchev–Trinajstić information content (AvgIpc) is 2.22. The fourth-order valence-electron chi connectivity index (χ4n) is 1.71. The van der Waals surface area contributed by atoms with Crippen LogP contribution in [-0.2, 0) is 9.59 Å². The van der Waals surface area contributed by atoms with Crippen molar-refractivity contribution in [2.24, 2.45) is 5.41 Å². The van der Waals surface area contributed by atoms with Gasteiger partial charge >= 0.3 is 6.03 Å². The van der Waals surface area contributed by atoms with Gasteiger partial charge in [0, 0.05) is 35.3 Å². The predicted molar refractivity (Wildman–Crippen MR) is 67.8 cm³/mol. The van der Waals surface area contributed by atoms with Crippen molar-refractivity contribution in [3.63, 3.8) is 0 Å². The van der Waals surface area contributed by atoms with Crippen LogP contribution in [0.1, 0.15) is 26.7 Å². The van der Waals surface area contributed by atoms with Gasteiger partial charge in [0.25, 0.3) is 0 Å². The number of hydrogen-bond acceptors (Lipinski definition) is 4. The maximum Gasteiger partial charge on any atom is 0.328 e. The van der Waals surface area contributed by atoms with Crippen molar-refractivity contribution in [1.29, 1.82) is 0 Å². The van der Waals surface area contributed by atoms with Gasteiger partial charge in [-0.1, -0.05) is 20.3 Å². The van der Waals surface area contributed by atoms with Crippen LogP contribution in [0.4, 0.5) is 4.79 Å². The number of nitrogens with one attached hydrogen (secondary N) is 2. The average molecular weight is 267 g/mol.